The van der Waals surface area contributed by atoms with Crippen LogP contribution in [0.5, 0.6) is 5.75 Å². The summed E-state index contributed by atoms with van der Waals surface area (Å²) in [5.74, 6) is -1.22. The van der Waals surface area contributed by atoms with Crippen molar-refractivity contribution >= 4 is 17.6 Å². The number of nitrogens with one attached hydrogen (secondary N) is 1. The van der Waals surface area contributed by atoms with Gasteiger partial charge in [-0.1, -0.05) is 0 Å². The quantitative estimate of drug-likeness (QED) is 0.774. The molecule has 1 aliphatic heterocycles. The molecule has 1 heterocycles. The zero-order valence-electron chi connectivity index (χ0n) is 14.9. The molecule has 0 spiro atoms. The van der Waals surface area contributed by atoms with Crippen LogP contribution >= 0.6 is 0 Å². The molecule has 0 aromatic heterocycles. The lowest BCUT2D eigenvalue weighted by atomic mass is 10.0. The molecule has 0 bridgehead atoms. The summed E-state index contributed by atoms with van der Waals surface area (Å²) < 4.78 is 5.07. The number of hydrogen-bond acceptors (Lipinski definition) is 5. The van der Waals surface area contributed by atoms with Crippen LogP contribution in [0.2, 0.25) is 0 Å². The van der Waals surface area contributed by atoms with Crippen LogP contribution < -0.4 is 10.1 Å². The van der Waals surface area contributed by atoms with Crippen molar-refractivity contribution in [1.29, 1.82) is 0 Å². The van der Waals surface area contributed by atoms with Gasteiger partial charge in [0.2, 0.25) is 5.91 Å². The smallest absolute Gasteiger partial charge is 0.308 e. The van der Waals surface area contributed by atoms with Gasteiger partial charge in [-0.2, -0.15) is 0 Å². The molecule has 1 aromatic rings. The summed E-state index contributed by atoms with van der Waals surface area (Å²) in [4.78, 5) is 28.2. The van der Waals surface area contributed by atoms with Crippen molar-refractivity contribution < 1.29 is 19.4 Å². The van der Waals surface area contributed by atoms with Gasteiger partial charge in [0, 0.05) is 31.7 Å². The number of carbonyl (C=O) groups excluding carboxylic acids is 1. The number of carbonyl (C=O) groups is 2. The van der Waals surface area contributed by atoms with Crippen LogP contribution in [0.1, 0.15) is 12.8 Å². The molecule has 1 atom stereocenters. The SMILES string of the molecule is COc1ccc(NC(=O)C[C@H](CN2CCCN(C)CC2)C(=O)O)cc1. The number of methoxy groups -OCH3 is 1. The molecule has 2 N–H and O–H groups in total. The summed E-state index contributed by atoms with van der Waals surface area (Å²) in [5, 5.41) is 12.2. The number of nitrogens with zero attached hydrogens (tertiary/aromatic N) is 2. The number of hydrogen-bond donors (Lipinski definition) is 2. The highest BCUT2D eigenvalue weighted by Crippen LogP contribution is 2.16. The highest BCUT2D eigenvalue weighted by atomic mass is 16.5. The Kier molecular flexibility index (Phi) is 7.21. The van der Waals surface area contributed by atoms with Crippen LogP contribution in [0.25, 0.3) is 0 Å². The van der Waals surface area contributed by atoms with Crippen LogP contribution in [0.3, 0.4) is 0 Å². The summed E-state index contributed by atoms with van der Waals surface area (Å²) in [6.07, 6.45) is 0.981. The minimum absolute atomic E-state index is 0.0340. The summed E-state index contributed by atoms with van der Waals surface area (Å²) in [5.41, 5.74) is 0.631. The van der Waals surface area contributed by atoms with Gasteiger partial charge in [0.25, 0.3) is 0 Å². The Balaban J connectivity index is 1.88. The Hall–Kier alpha value is -2.12. The first-order valence-electron chi connectivity index (χ1n) is 8.55. The van der Waals surface area contributed by atoms with Crippen LogP contribution in [0.15, 0.2) is 24.3 Å². The van der Waals surface area contributed by atoms with Gasteiger partial charge in [0.05, 0.1) is 13.0 Å². The van der Waals surface area contributed by atoms with Gasteiger partial charge in [-0.15, -0.1) is 0 Å². The summed E-state index contributed by atoms with van der Waals surface area (Å²) in [6.45, 7) is 4.05. The Labute approximate surface area is 148 Å². The molecule has 0 radical (unpaired) electrons. The Bertz CT molecular complexity index is 576. The molecule has 1 fully saturated rings. The van der Waals surface area contributed by atoms with Crippen LogP contribution in [-0.2, 0) is 9.59 Å². The molecule has 1 aromatic carbocycles. The zero-order chi connectivity index (χ0) is 18.2. The maximum Gasteiger partial charge on any atom is 0.308 e. The zero-order valence-corrected chi connectivity index (χ0v) is 14.9. The van der Waals surface area contributed by atoms with Crippen LogP contribution in [0, 0.1) is 5.92 Å². The normalized spacial score (nSPS) is 17.5. The van der Waals surface area contributed by atoms with E-state index in [0.29, 0.717) is 18.0 Å². The van der Waals surface area contributed by atoms with E-state index < -0.39 is 11.9 Å². The van der Waals surface area contributed by atoms with E-state index in [4.69, 9.17) is 4.74 Å². The standard InChI is InChI=1S/C18H27N3O4/c1-20-8-3-9-21(11-10-20)13-14(18(23)24)12-17(22)19-15-4-6-16(25-2)7-5-15/h4-7,14H,3,8-13H2,1-2H3,(H,19,22)(H,23,24)/t14-/m1/s1. The van der Waals surface area contributed by atoms with E-state index in [2.05, 4.69) is 22.2 Å². The van der Waals surface area contributed by atoms with Crippen molar-refractivity contribution in [1.82, 2.24) is 9.80 Å². The predicted octanol–water partition coefficient (Wildman–Crippen LogP) is 1.36. The Morgan fingerprint density at radius 1 is 1.20 bits per heavy atom. The van der Waals surface area contributed by atoms with E-state index in [1.807, 2.05) is 0 Å². The number of carboxylic acid groups (broad SMARTS) is 1. The van der Waals surface area contributed by atoms with Gasteiger partial charge in [-0.05, 0) is 50.8 Å². The number of likely N-dealkylation sites (N-methyl/N-ethyl adjacent to an activating group) is 1. The average Bonchev–Trinajstić information content (AvgIpc) is 2.79. The van der Waals surface area contributed by atoms with E-state index in [0.717, 1.165) is 32.6 Å². The molecular weight excluding hydrogens is 322 g/mol. The van der Waals surface area contributed by atoms with Crippen molar-refractivity contribution in [3.05, 3.63) is 24.3 Å². The summed E-state index contributed by atoms with van der Waals surface area (Å²) in [7, 11) is 3.64. The van der Waals surface area contributed by atoms with Gasteiger partial charge < -0.3 is 25.0 Å². The Morgan fingerprint density at radius 2 is 1.92 bits per heavy atom. The third-order valence-electron chi connectivity index (χ3n) is 4.45. The number of aliphatic carboxylic acids is 1. The predicted molar refractivity (Wildman–Crippen MR) is 95.9 cm³/mol. The number of carboxylic acids is 1. The minimum atomic E-state index is -0.928. The van der Waals surface area contributed by atoms with Gasteiger partial charge in [-0.25, -0.2) is 0 Å². The largest absolute Gasteiger partial charge is 0.497 e. The third kappa shape index (κ3) is 6.36. The average molecular weight is 349 g/mol. The monoisotopic (exact) mass is 349 g/mol. The molecule has 7 heteroatoms. The molecular formula is C18H27N3O4. The second-order valence-electron chi connectivity index (χ2n) is 6.47. The molecule has 2 rings (SSSR count). The molecule has 1 saturated heterocycles. The number of anilines is 1. The second kappa shape index (κ2) is 9.39. The first-order chi connectivity index (χ1) is 12.0. The molecule has 0 aliphatic carbocycles. The first kappa shape index (κ1) is 19.2. The maximum atomic E-state index is 12.2. The summed E-state index contributed by atoms with van der Waals surface area (Å²) >= 11 is 0. The number of benzene rings is 1. The highest BCUT2D eigenvalue weighted by Gasteiger charge is 2.25. The fourth-order valence-electron chi connectivity index (χ4n) is 2.93. The molecule has 0 unspecified atom stereocenters. The van der Waals surface area contributed by atoms with Gasteiger partial charge in [-0.3, -0.25) is 9.59 Å². The van der Waals surface area contributed by atoms with Crippen molar-refractivity contribution in [3.8, 4) is 5.75 Å². The van der Waals surface area contributed by atoms with Crippen molar-refractivity contribution in [2.24, 2.45) is 5.92 Å². The fraction of sp³-hybridized carbons (Fsp3) is 0.556. The second-order valence-corrected chi connectivity index (χ2v) is 6.47. The molecule has 25 heavy (non-hydrogen) atoms. The summed E-state index contributed by atoms with van der Waals surface area (Å²) in [6, 6.07) is 6.96. The van der Waals surface area contributed by atoms with E-state index >= 15 is 0 Å². The fourth-order valence-corrected chi connectivity index (χ4v) is 2.93. The molecule has 1 aliphatic rings. The van der Waals surface area contributed by atoms with Crippen molar-refractivity contribution in [3.63, 3.8) is 0 Å². The number of ether oxygens (including phenoxy) is 1. The molecule has 7 nitrogen and oxygen atoms in total. The van der Waals surface area contributed by atoms with Crippen molar-refractivity contribution in [2.45, 2.75) is 12.8 Å². The van der Waals surface area contributed by atoms with Crippen molar-refractivity contribution in [2.75, 3.05) is 52.2 Å². The van der Waals surface area contributed by atoms with Gasteiger partial charge >= 0.3 is 5.97 Å². The lowest BCUT2D eigenvalue weighted by molar-refractivity contribution is -0.144. The van der Waals surface area contributed by atoms with Gasteiger partial charge in [0.15, 0.2) is 0 Å². The minimum Gasteiger partial charge on any atom is -0.497 e. The van der Waals surface area contributed by atoms with E-state index in [1.165, 1.54) is 0 Å². The lowest BCUT2D eigenvalue weighted by Crippen LogP contribution is -2.37. The number of rotatable bonds is 7. The third-order valence-corrected chi connectivity index (χ3v) is 4.45. The molecule has 1 amide bonds. The molecule has 0 saturated carbocycles. The first-order valence-corrected chi connectivity index (χ1v) is 8.55. The maximum absolute atomic E-state index is 12.2. The topological polar surface area (TPSA) is 82.1 Å². The molecule has 138 valence electrons. The highest BCUT2D eigenvalue weighted by molar-refractivity contribution is 5.93. The number of amides is 1. The van der Waals surface area contributed by atoms with Crippen LogP contribution in [0.4, 0.5) is 5.69 Å². The van der Waals surface area contributed by atoms with Crippen LogP contribution in [-0.4, -0.2) is 73.7 Å². The van der Waals surface area contributed by atoms with E-state index in [-0.39, 0.29) is 12.3 Å². The Morgan fingerprint density at radius 3 is 2.56 bits per heavy atom. The van der Waals surface area contributed by atoms with E-state index in [1.54, 1.807) is 31.4 Å². The lowest BCUT2D eigenvalue weighted by Gasteiger charge is -2.23. The van der Waals surface area contributed by atoms with E-state index in [9.17, 15) is 14.7 Å². The van der Waals surface area contributed by atoms with Gasteiger partial charge in [0.1, 0.15) is 5.75 Å².